The highest BCUT2D eigenvalue weighted by Gasteiger charge is 2.29. The summed E-state index contributed by atoms with van der Waals surface area (Å²) in [4.78, 5) is 62.5. The molecule has 5 heterocycles. The first-order chi connectivity index (χ1) is 28.7. The predicted molar refractivity (Wildman–Crippen MR) is 221 cm³/mol. The van der Waals surface area contributed by atoms with Gasteiger partial charge in [-0.2, -0.15) is 0 Å². The van der Waals surface area contributed by atoms with Crippen LogP contribution in [0.3, 0.4) is 0 Å². The summed E-state index contributed by atoms with van der Waals surface area (Å²) in [6.45, 7) is 4.12. The molecule has 3 amide bonds. The molecule has 3 fully saturated rings. The van der Waals surface area contributed by atoms with Crippen molar-refractivity contribution in [2.75, 3.05) is 43.4 Å². The molecule has 8 rings (SSSR count). The molecule has 3 aliphatic rings. The lowest BCUT2D eigenvalue weighted by atomic mass is 9.88. The monoisotopic (exact) mass is 800 g/mol. The number of likely N-dealkylation sites (tertiary alicyclic amines) is 2. The molecule has 0 bridgehead atoms. The van der Waals surface area contributed by atoms with Gasteiger partial charge in [-0.15, -0.1) is 0 Å². The van der Waals surface area contributed by atoms with E-state index in [0.717, 1.165) is 57.9 Å². The summed E-state index contributed by atoms with van der Waals surface area (Å²) in [5.74, 6) is -0.770. The van der Waals surface area contributed by atoms with Crippen LogP contribution < -0.4 is 21.5 Å². The smallest absolute Gasteiger partial charge is 0.255 e. The van der Waals surface area contributed by atoms with Gasteiger partial charge in [0.05, 0.1) is 6.20 Å². The van der Waals surface area contributed by atoms with Crippen molar-refractivity contribution in [1.82, 2.24) is 29.7 Å². The van der Waals surface area contributed by atoms with Crippen LogP contribution in [0.15, 0.2) is 102 Å². The summed E-state index contributed by atoms with van der Waals surface area (Å²) >= 11 is 0. The number of anilines is 3. The quantitative estimate of drug-likeness (QED) is 0.125. The van der Waals surface area contributed by atoms with Crippen molar-refractivity contribution in [3.05, 3.63) is 130 Å². The SMILES string of the molecule is O=C1CCC(Nc2ccc(C3CCN(CCC4CCN(C(=O)c5cccc(Nc6ncc(F)c(-c7cccc(-n8ccccc8=O)c7)n6)c5)CC4)CC3)c(F)c2)C(=O)N1. The molecule has 0 spiro atoms. The molecule has 2 aromatic heterocycles. The Kier molecular flexibility index (Phi) is 11.9. The van der Waals surface area contributed by atoms with E-state index in [0.29, 0.717) is 59.2 Å². The number of hydrogen-bond donors (Lipinski definition) is 3. The molecule has 304 valence electrons. The van der Waals surface area contributed by atoms with Crippen LogP contribution in [0.25, 0.3) is 16.9 Å². The Hall–Kier alpha value is -6.28. The summed E-state index contributed by atoms with van der Waals surface area (Å²) in [7, 11) is 0. The molecular weight excluding hydrogens is 755 g/mol. The average molecular weight is 801 g/mol. The lowest BCUT2D eigenvalue weighted by molar-refractivity contribution is -0.133. The van der Waals surface area contributed by atoms with Gasteiger partial charge in [-0.25, -0.2) is 18.7 Å². The maximum Gasteiger partial charge on any atom is 0.255 e. The number of carbonyl (C=O) groups excluding carboxylic acids is 3. The second kappa shape index (κ2) is 17.7. The number of nitrogens with zero attached hydrogens (tertiary/aromatic N) is 5. The molecule has 0 radical (unpaired) electrons. The van der Waals surface area contributed by atoms with Crippen LogP contribution in [-0.2, 0) is 9.59 Å². The van der Waals surface area contributed by atoms with Crippen molar-refractivity contribution >= 4 is 35.0 Å². The van der Waals surface area contributed by atoms with Crippen LogP contribution in [0.2, 0.25) is 0 Å². The van der Waals surface area contributed by atoms with E-state index in [1.807, 2.05) is 17.0 Å². The second-order valence-electron chi connectivity index (χ2n) is 15.6. The van der Waals surface area contributed by atoms with Crippen LogP contribution in [0.4, 0.5) is 26.1 Å². The van der Waals surface area contributed by atoms with Gasteiger partial charge < -0.3 is 20.4 Å². The molecule has 1 atom stereocenters. The van der Waals surface area contributed by atoms with E-state index in [4.69, 9.17) is 0 Å². The fourth-order valence-corrected chi connectivity index (χ4v) is 8.35. The molecule has 3 saturated heterocycles. The number of halogens is 2. The number of amides is 3. The maximum absolute atomic E-state index is 15.2. The summed E-state index contributed by atoms with van der Waals surface area (Å²) in [5.41, 5.74) is 3.31. The topological polar surface area (TPSA) is 142 Å². The normalized spacial score (nSPS) is 18.1. The van der Waals surface area contributed by atoms with Crippen molar-refractivity contribution in [1.29, 1.82) is 0 Å². The molecule has 3 aromatic carbocycles. The minimum absolute atomic E-state index is 0.0464. The Bertz CT molecular complexity index is 2410. The third-order valence-corrected chi connectivity index (χ3v) is 11.7. The van der Waals surface area contributed by atoms with E-state index >= 15 is 8.78 Å². The highest BCUT2D eigenvalue weighted by Crippen LogP contribution is 2.33. The zero-order valence-corrected chi connectivity index (χ0v) is 32.6. The molecule has 3 aliphatic heterocycles. The number of hydrogen-bond acceptors (Lipinski definition) is 9. The van der Waals surface area contributed by atoms with E-state index in [1.165, 1.54) is 16.7 Å². The molecule has 0 saturated carbocycles. The van der Waals surface area contributed by atoms with Crippen LogP contribution in [0.1, 0.15) is 66.8 Å². The number of piperidine rings is 3. The third-order valence-electron chi connectivity index (χ3n) is 11.7. The standard InChI is InChI=1S/C45H46F2N8O4/c46-37-27-34(49-39-12-13-40(56)51-43(39)58)10-11-36(37)30-17-21-53(22-18-30)20-14-29-15-23-54(24-16-29)44(59)32-6-3-7-33(25-32)50-45-48-28-38(47)42(52-45)31-5-4-8-35(26-31)55-19-2-1-9-41(55)57/h1-11,19,25-30,39,49H,12-18,20-24H2,(H,48,50,52)(H,51,56,58). The Labute approximate surface area is 340 Å². The first kappa shape index (κ1) is 39.5. The van der Waals surface area contributed by atoms with Crippen molar-refractivity contribution < 1.29 is 23.2 Å². The summed E-state index contributed by atoms with van der Waals surface area (Å²) < 4.78 is 31.7. The Balaban J connectivity index is 0.798. The first-order valence-corrected chi connectivity index (χ1v) is 20.3. The Morgan fingerprint density at radius 1 is 0.814 bits per heavy atom. The van der Waals surface area contributed by atoms with Gasteiger partial charge in [-0.1, -0.05) is 30.3 Å². The van der Waals surface area contributed by atoms with Gasteiger partial charge in [0.25, 0.3) is 11.5 Å². The summed E-state index contributed by atoms with van der Waals surface area (Å²) in [6, 6.07) is 23.5. The van der Waals surface area contributed by atoms with Crippen LogP contribution in [-0.4, -0.2) is 80.8 Å². The fraction of sp³-hybridized carbons (Fsp3) is 0.333. The average Bonchev–Trinajstić information content (AvgIpc) is 3.25. The molecule has 5 aromatic rings. The molecule has 59 heavy (non-hydrogen) atoms. The van der Waals surface area contributed by atoms with Crippen molar-refractivity contribution in [2.24, 2.45) is 5.92 Å². The van der Waals surface area contributed by atoms with Crippen LogP contribution >= 0.6 is 0 Å². The first-order valence-electron chi connectivity index (χ1n) is 20.3. The van der Waals surface area contributed by atoms with Gasteiger partial charge >= 0.3 is 0 Å². The van der Waals surface area contributed by atoms with Gasteiger partial charge in [0.1, 0.15) is 17.6 Å². The molecule has 14 heteroatoms. The minimum atomic E-state index is -0.607. The highest BCUT2D eigenvalue weighted by molar-refractivity contribution is 6.01. The number of pyridine rings is 1. The number of carbonyl (C=O) groups is 3. The van der Waals surface area contributed by atoms with Gasteiger partial charge in [0.2, 0.25) is 17.8 Å². The van der Waals surface area contributed by atoms with Gasteiger partial charge in [0, 0.05) is 60.0 Å². The predicted octanol–water partition coefficient (Wildman–Crippen LogP) is 6.66. The number of benzene rings is 3. The van der Waals surface area contributed by atoms with E-state index in [1.54, 1.807) is 66.9 Å². The Morgan fingerprint density at radius 2 is 1.63 bits per heavy atom. The van der Waals surface area contributed by atoms with Gasteiger partial charge in [-0.3, -0.25) is 29.1 Å². The van der Waals surface area contributed by atoms with Crippen LogP contribution in [0.5, 0.6) is 0 Å². The van der Waals surface area contributed by atoms with Crippen molar-refractivity contribution in [2.45, 2.75) is 56.9 Å². The molecular formula is C45H46F2N8O4. The second-order valence-corrected chi connectivity index (χ2v) is 15.6. The van der Waals surface area contributed by atoms with E-state index < -0.39 is 11.9 Å². The summed E-state index contributed by atoms with van der Waals surface area (Å²) in [6.07, 6.45) is 8.05. The molecule has 0 aliphatic carbocycles. The lowest BCUT2D eigenvalue weighted by Gasteiger charge is -2.35. The number of rotatable bonds is 11. The maximum atomic E-state index is 15.2. The number of nitrogens with one attached hydrogen (secondary N) is 3. The van der Waals surface area contributed by atoms with E-state index in [9.17, 15) is 19.2 Å². The van der Waals surface area contributed by atoms with Crippen LogP contribution in [0, 0.1) is 17.6 Å². The fourth-order valence-electron chi connectivity index (χ4n) is 8.35. The minimum Gasteiger partial charge on any atom is -0.374 e. The van der Waals surface area contributed by atoms with E-state index in [2.05, 4.69) is 30.8 Å². The lowest BCUT2D eigenvalue weighted by Crippen LogP contribution is -2.47. The Morgan fingerprint density at radius 3 is 2.41 bits per heavy atom. The molecule has 1 unspecified atom stereocenters. The zero-order valence-electron chi connectivity index (χ0n) is 32.6. The number of imide groups is 1. The molecule has 12 nitrogen and oxygen atoms in total. The number of aromatic nitrogens is 3. The van der Waals surface area contributed by atoms with Crippen molar-refractivity contribution in [3.63, 3.8) is 0 Å². The highest BCUT2D eigenvalue weighted by atomic mass is 19.1. The van der Waals surface area contributed by atoms with Gasteiger partial charge in [0.15, 0.2) is 5.82 Å². The van der Waals surface area contributed by atoms with Gasteiger partial charge in [-0.05, 0) is 124 Å². The summed E-state index contributed by atoms with van der Waals surface area (Å²) in [5, 5.41) is 8.50. The molecule has 3 N–H and O–H groups in total. The van der Waals surface area contributed by atoms with Crippen molar-refractivity contribution in [3.8, 4) is 16.9 Å². The third kappa shape index (κ3) is 9.38. The zero-order chi connectivity index (χ0) is 40.9. The largest absolute Gasteiger partial charge is 0.374 e. The van der Waals surface area contributed by atoms with E-state index in [-0.39, 0.29) is 53.1 Å².